The molecule has 0 atom stereocenters. The summed E-state index contributed by atoms with van der Waals surface area (Å²) >= 11 is 0. The van der Waals surface area contributed by atoms with Crippen LogP contribution in [-0.2, 0) is 27.4 Å². The molecule has 104 valence electrons. The number of ether oxygens (including phenoxy) is 1. The first-order valence-electron chi connectivity index (χ1n) is 6.36. The second-order valence-electron chi connectivity index (χ2n) is 4.85. The topological polar surface area (TPSA) is 60.4 Å². The third kappa shape index (κ3) is 3.64. The van der Waals surface area contributed by atoms with Crippen LogP contribution >= 0.6 is 0 Å². The molecule has 0 N–H and O–H groups in total. The summed E-state index contributed by atoms with van der Waals surface area (Å²) in [5.41, 5.74) is 2.96. The molecule has 19 heavy (non-hydrogen) atoms. The fraction of sp³-hybridized carbons (Fsp3) is 0.500. The molecule has 0 unspecified atom stereocenters. The standard InChI is InChI=1S/C14H18O4S/c1-18-7-8-19(16,17)10-14(15)13-6-5-11-3-2-4-12(11)9-13/h5-6,9H,2-4,7-8,10H2,1H3. The van der Waals surface area contributed by atoms with E-state index in [1.807, 2.05) is 12.1 Å². The van der Waals surface area contributed by atoms with E-state index < -0.39 is 15.6 Å². The smallest absolute Gasteiger partial charge is 0.177 e. The molecule has 0 aromatic heterocycles. The van der Waals surface area contributed by atoms with Gasteiger partial charge in [0.1, 0.15) is 5.75 Å². The summed E-state index contributed by atoms with van der Waals surface area (Å²) < 4.78 is 28.1. The lowest BCUT2D eigenvalue weighted by atomic mass is 10.0. The molecular weight excluding hydrogens is 264 g/mol. The summed E-state index contributed by atoms with van der Waals surface area (Å²) in [6, 6.07) is 5.52. The van der Waals surface area contributed by atoms with Gasteiger partial charge in [-0.25, -0.2) is 8.42 Å². The van der Waals surface area contributed by atoms with Gasteiger partial charge in [-0.15, -0.1) is 0 Å². The van der Waals surface area contributed by atoms with E-state index in [1.165, 1.54) is 18.2 Å². The number of aryl methyl sites for hydroxylation is 2. The largest absolute Gasteiger partial charge is 0.384 e. The Labute approximate surface area is 113 Å². The Kier molecular flexibility index (Phi) is 4.37. The predicted molar refractivity (Wildman–Crippen MR) is 73.3 cm³/mol. The number of rotatable bonds is 6. The molecule has 1 aliphatic rings. The van der Waals surface area contributed by atoms with Gasteiger partial charge in [0.15, 0.2) is 15.6 Å². The van der Waals surface area contributed by atoms with Gasteiger partial charge >= 0.3 is 0 Å². The van der Waals surface area contributed by atoms with E-state index in [1.54, 1.807) is 6.07 Å². The maximum absolute atomic E-state index is 12.0. The van der Waals surface area contributed by atoms with Crippen LogP contribution in [0.2, 0.25) is 0 Å². The minimum Gasteiger partial charge on any atom is -0.384 e. The number of fused-ring (bicyclic) bond motifs is 1. The maximum atomic E-state index is 12.0. The van der Waals surface area contributed by atoms with Crippen LogP contribution in [0.15, 0.2) is 18.2 Å². The molecule has 0 saturated heterocycles. The lowest BCUT2D eigenvalue weighted by Gasteiger charge is -2.05. The van der Waals surface area contributed by atoms with E-state index >= 15 is 0 Å². The van der Waals surface area contributed by atoms with Crippen molar-refractivity contribution in [1.29, 1.82) is 0 Å². The van der Waals surface area contributed by atoms with Crippen molar-refractivity contribution in [3.05, 3.63) is 34.9 Å². The molecule has 1 aliphatic carbocycles. The number of Topliss-reactive ketones (excluding diaryl/α,β-unsaturated/α-hetero) is 1. The van der Waals surface area contributed by atoms with E-state index in [4.69, 9.17) is 4.74 Å². The Morgan fingerprint density at radius 1 is 1.26 bits per heavy atom. The third-order valence-corrected chi connectivity index (χ3v) is 4.86. The van der Waals surface area contributed by atoms with Crippen molar-refractivity contribution in [2.45, 2.75) is 19.3 Å². The van der Waals surface area contributed by atoms with Gasteiger partial charge in [-0.1, -0.05) is 12.1 Å². The second kappa shape index (κ2) is 5.84. The van der Waals surface area contributed by atoms with E-state index in [2.05, 4.69) is 0 Å². The highest BCUT2D eigenvalue weighted by Gasteiger charge is 2.19. The molecule has 1 aromatic carbocycles. The van der Waals surface area contributed by atoms with E-state index in [0.717, 1.165) is 19.3 Å². The molecule has 0 heterocycles. The van der Waals surface area contributed by atoms with Gasteiger partial charge in [-0.2, -0.15) is 0 Å². The number of carbonyl (C=O) groups excluding carboxylic acids is 1. The Balaban J connectivity index is 2.08. The fourth-order valence-electron chi connectivity index (χ4n) is 2.31. The molecule has 0 spiro atoms. The molecular formula is C14H18O4S. The summed E-state index contributed by atoms with van der Waals surface area (Å²) in [5, 5.41) is 0. The summed E-state index contributed by atoms with van der Waals surface area (Å²) in [6.45, 7) is 0.125. The zero-order valence-electron chi connectivity index (χ0n) is 11.0. The number of methoxy groups -OCH3 is 1. The summed E-state index contributed by atoms with van der Waals surface area (Å²) in [5.74, 6) is -0.874. The minimum absolute atomic E-state index is 0.111. The van der Waals surface area contributed by atoms with Gasteiger partial charge < -0.3 is 4.74 Å². The lowest BCUT2D eigenvalue weighted by molar-refractivity contribution is 0.102. The van der Waals surface area contributed by atoms with E-state index in [9.17, 15) is 13.2 Å². The Morgan fingerprint density at radius 3 is 2.74 bits per heavy atom. The van der Waals surface area contributed by atoms with E-state index in [0.29, 0.717) is 5.56 Å². The number of benzene rings is 1. The molecule has 0 aliphatic heterocycles. The van der Waals surface area contributed by atoms with Gasteiger partial charge in [0, 0.05) is 12.7 Å². The second-order valence-corrected chi connectivity index (χ2v) is 7.03. The van der Waals surface area contributed by atoms with E-state index in [-0.39, 0.29) is 18.1 Å². The Bertz CT molecular complexity index is 575. The molecule has 0 bridgehead atoms. The fourth-order valence-corrected chi connectivity index (χ4v) is 3.44. The van der Waals surface area contributed by atoms with Gasteiger partial charge in [-0.05, 0) is 36.5 Å². The monoisotopic (exact) mass is 282 g/mol. The van der Waals surface area contributed by atoms with Crippen LogP contribution in [0.4, 0.5) is 0 Å². The SMILES string of the molecule is COCCS(=O)(=O)CC(=O)c1ccc2c(c1)CCC2. The summed E-state index contributed by atoms with van der Waals surface area (Å²) in [4.78, 5) is 12.0. The number of hydrogen-bond donors (Lipinski definition) is 0. The molecule has 4 nitrogen and oxygen atoms in total. The molecule has 5 heteroatoms. The summed E-state index contributed by atoms with van der Waals surface area (Å²) in [7, 11) is -1.94. The highest BCUT2D eigenvalue weighted by atomic mass is 32.2. The third-order valence-electron chi connectivity index (χ3n) is 3.37. The van der Waals surface area contributed by atoms with Gasteiger partial charge in [0.05, 0.1) is 12.4 Å². The first kappa shape index (κ1) is 14.2. The van der Waals surface area contributed by atoms with Crippen LogP contribution in [-0.4, -0.2) is 39.4 Å². The minimum atomic E-state index is -3.38. The van der Waals surface area contributed by atoms with Crippen LogP contribution in [0.1, 0.15) is 27.9 Å². The van der Waals surface area contributed by atoms with Crippen LogP contribution < -0.4 is 0 Å². The molecule has 0 amide bonds. The average molecular weight is 282 g/mol. The van der Waals surface area contributed by atoms with Crippen LogP contribution in [0.3, 0.4) is 0 Å². The van der Waals surface area contributed by atoms with Crippen molar-refractivity contribution in [2.24, 2.45) is 0 Å². The van der Waals surface area contributed by atoms with Crippen molar-refractivity contribution in [2.75, 3.05) is 25.2 Å². The van der Waals surface area contributed by atoms with Crippen molar-refractivity contribution in [3.8, 4) is 0 Å². The number of sulfone groups is 1. The van der Waals surface area contributed by atoms with Crippen LogP contribution in [0, 0.1) is 0 Å². The maximum Gasteiger partial charge on any atom is 0.177 e. The van der Waals surface area contributed by atoms with Gasteiger partial charge in [0.25, 0.3) is 0 Å². The van der Waals surface area contributed by atoms with Crippen molar-refractivity contribution in [1.82, 2.24) is 0 Å². The zero-order chi connectivity index (χ0) is 13.9. The Morgan fingerprint density at radius 2 is 2.00 bits per heavy atom. The quantitative estimate of drug-likeness (QED) is 0.740. The van der Waals surface area contributed by atoms with Crippen LogP contribution in [0.25, 0.3) is 0 Å². The van der Waals surface area contributed by atoms with Crippen molar-refractivity contribution in [3.63, 3.8) is 0 Å². The first-order chi connectivity index (χ1) is 9.02. The predicted octanol–water partition coefficient (Wildman–Crippen LogP) is 1.42. The van der Waals surface area contributed by atoms with Gasteiger partial charge in [0.2, 0.25) is 0 Å². The zero-order valence-corrected chi connectivity index (χ0v) is 11.8. The summed E-state index contributed by atoms with van der Waals surface area (Å²) in [6.07, 6.45) is 3.14. The molecule has 1 aromatic rings. The average Bonchev–Trinajstić information content (AvgIpc) is 2.83. The van der Waals surface area contributed by atoms with Gasteiger partial charge in [-0.3, -0.25) is 4.79 Å². The lowest BCUT2D eigenvalue weighted by Crippen LogP contribution is -2.21. The van der Waals surface area contributed by atoms with Crippen molar-refractivity contribution >= 4 is 15.6 Å². The highest BCUT2D eigenvalue weighted by Crippen LogP contribution is 2.23. The normalized spacial score (nSPS) is 14.4. The first-order valence-corrected chi connectivity index (χ1v) is 8.18. The van der Waals surface area contributed by atoms with Crippen molar-refractivity contribution < 1.29 is 17.9 Å². The number of carbonyl (C=O) groups is 1. The molecule has 0 saturated carbocycles. The van der Waals surface area contributed by atoms with Crippen LogP contribution in [0.5, 0.6) is 0 Å². The number of hydrogen-bond acceptors (Lipinski definition) is 4. The molecule has 0 fully saturated rings. The highest BCUT2D eigenvalue weighted by molar-refractivity contribution is 7.92. The Hall–Kier alpha value is -1.20. The molecule has 0 radical (unpaired) electrons. The number of ketones is 1. The molecule has 2 rings (SSSR count).